The van der Waals surface area contributed by atoms with Crippen molar-refractivity contribution in [2.24, 2.45) is 0 Å². The Kier molecular flexibility index (Phi) is 5.73. The zero-order valence-electron chi connectivity index (χ0n) is 11.0. The Bertz CT molecular complexity index is 740. The van der Waals surface area contributed by atoms with Crippen LogP contribution in [0.1, 0.15) is 11.1 Å². The van der Waals surface area contributed by atoms with E-state index in [-0.39, 0.29) is 6.54 Å². The summed E-state index contributed by atoms with van der Waals surface area (Å²) in [5.41, 5.74) is 1.76. The van der Waals surface area contributed by atoms with Crippen molar-refractivity contribution < 1.29 is 8.42 Å². The van der Waals surface area contributed by atoms with E-state index in [0.29, 0.717) is 20.7 Å². The maximum Gasteiger partial charge on any atom is 0.250 e. The molecule has 0 bridgehead atoms. The van der Waals surface area contributed by atoms with Gasteiger partial charge in [0.05, 0.1) is 3.79 Å². The number of hydrogen-bond acceptors (Lipinski definition) is 3. The van der Waals surface area contributed by atoms with E-state index < -0.39 is 10.0 Å². The van der Waals surface area contributed by atoms with Crippen molar-refractivity contribution in [2.75, 3.05) is 6.54 Å². The molecule has 1 aromatic carbocycles. The number of hydrogen-bond donors (Lipinski definition) is 1. The van der Waals surface area contributed by atoms with Crippen LogP contribution in [0.5, 0.6) is 0 Å². The summed E-state index contributed by atoms with van der Waals surface area (Å²) in [6.07, 6.45) is 0.501. The van der Waals surface area contributed by atoms with Gasteiger partial charge in [0.15, 0.2) is 0 Å². The Labute approximate surface area is 146 Å². The van der Waals surface area contributed by atoms with Crippen molar-refractivity contribution in [3.05, 3.63) is 49.2 Å². The van der Waals surface area contributed by atoms with Gasteiger partial charge in [-0.15, -0.1) is 11.3 Å². The first kappa shape index (κ1) is 17.2. The van der Waals surface area contributed by atoms with Gasteiger partial charge < -0.3 is 0 Å². The number of aryl methyl sites for hydroxylation is 1. The largest absolute Gasteiger partial charge is 0.250 e. The number of sulfonamides is 1. The van der Waals surface area contributed by atoms with E-state index in [0.717, 1.165) is 14.9 Å². The number of nitrogens with one attached hydrogen (secondary N) is 1. The second-order valence-corrected chi connectivity index (χ2v) is 9.61. The lowest BCUT2D eigenvalue weighted by atomic mass is 10.1. The van der Waals surface area contributed by atoms with Gasteiger partial charge in [0.25, 0.3) is 0 Å². The van der Waals surface area contributed by atoms with Gasteiger partial charge in [-0.05, 0) is 58.6 Å². The molecule has 0 unspecified atom stereocenters. The normalized spacial score (nSPS) is 11.8. The van der Waals surface area contributed by atoms with E-state index >= 15 is 0 Å². The molecular formula is C13H12BrCl2NO2S2. The van der Waals surface area contributed by atoms with E-state index in [2.05, 4.69) is 20.7 Å². The SMILES string of the molecule is Cc1cc(S(=O)(=O)NCCc2ccc(Cl)cc2Cl)sc1Br. The first-order valence-corrected chi connectivity index (χ1v) is 9.84. The van der Waals surface area contributed by atoms with E-state index in [1.54, 1.807) is 24.3 Å². The van der Waals surface area contributed by atoms with Crippen molar-refractivity contribution in [3.8, 4) is 0 Å². The molecule has 2 rings (SSSR count). The number of benzene rings is 1. The molecule has 2 aromatic rings. The van der Waals surface area contributed by atoms with Gasteiger partial charge >= 0.3 is 0 Å². The predicted octanol–water partition coefficient (Wildman–Crippen LogP) is 4.65. The van der Waals surface area contributed by atoms with E-state index in [4.69, 9.17) is 23.2 Å². The second-order valence-electron chi connectivity index (χ2n) is 4.41. The maximum atomic E-state index is 12.2. The third-order valence-corrected chi connectivity index (χ3v) is 7.46. The average Bonchev–Trinajstić information content (AvgIpc) is 2.73. The molecule has 0 radical (unpaired) electrons. The van der Waals surface area contributed by atoms with Crippen LogP contribution in [0.4, 0.5) is 0 Å². The summed E-state index contributed by atoms with van der Waals surface area (Å²) in [4.78, 5) is 0. The first-order valence-electron chi connectivity index (χ1n) is 5.99. The topological polar surface area (TPSA) is 46.2 Å². The highest BCUT2D eigenvalue weighted by atomic mass is 79.9. The molecular weight excluding hydrogens is 417 g/mol. The zero-order valence-corrected chi connectivity index (χ0v) is 15.7. The molecule has 0 spiro atoms. The smallest absolute Gasteiger partial charge is 0.210 e. The summed E-state index contributed by atoms with van der Waals surface area (Å²) in [5.74, 6) is 0. The molecule has 0 saturated carbocycles. The first-order chi connectivity index (χ1) is 9.79. The highest BCUT2D eigenvalue weighted by Gasteiger charge is 2.17. The molecule has 8 heteroatoms. The van der Waals surface area contributed by atoms with Crippen LogP contribution in [0, 0.1) is 6.92 Å². The van der Waals surface area contributed by atoms with Gasteiger partial charge in [-0.3, -0.25) is 0 Å². The quantitative estimate of drug-likeness (QED) is 0.753. The van der Waals surface area contributed by atoms with Crippen LogP contribution in [0.3, 0.4) is 0 Å². The van der Waals surface area contributed by atoms with Gasteiger partial charge in [0.2, 0.25) is 10.0 Å². The monoisotopic (exact) mass is 427 g/mol. The molecule has 0 aliphatic rings. The van der Waals surface area contributed by atoms with Crippen LogP contribution in [0.15, 0.2) is 32.3 Å². The molecule has 3 nitrogen and oxygen atoms in total. The maximum absolute atomic E-state index is 12.2. The minimum Gasteiger partial charge on any atom is -0.210 e. The molecule has 1 aromatic heterocycles. The van der Waals surface area contributed by atoms with Crippen molar-refractivity contribution in [3.63, 3.8) is 0 Å². The van der Waals surface area contributed by atoms with Gasteiger partial charge in [0.1, 0.15) is 4.21 Å². The van der Waals surface area contributed by atoms with Crippen molar-refractivity contribution in [1.29, 1.82) is 0 Å². The fraction of sp³-hybridized carbons (Fsp3) is 0.231. The predicted molar refractivity (Wildman–Crippen MR) is 92.1 cm³/mol. The summed E-state index contributed by atoms with van der Waals surface area (Å²) in [7, 11) is -3.48. The molecule has 0 amide bonds. The standard InChI is InChI=1S/C13H12BrCl2NO2S2/c1-8-6-12(20-13(8)14)21(18,19)17-5-4-9-2-3-10(15)7-11(9)16/h2-3,6-7,17H,4-5H2,1H3. The summed E-state index contributed by atoms with van der Waals surface area (Å²) in [5, 5.41) is 1.10. The van der Waals surface area contributed by atoms with Crippen LogP contribution in [-0.4, -0.2) is 15.0 Å². The van der Waals surface area contributed by atoms with Gasteiger partial charge in [-0.1, -0.05) is 29.3 Å². The Morgan fingerprint density at radius 1 is 1.29 bits per heavy atom. The zero-order chi connectivity index (χ0) is 15.6. The molecule has 0 saturated heterocycles. The molecule has 0 aliphatic heterocycles. The summed E-state index contributed by atoms with van der Waals surface area (Å²) < 4.78 is 28.0. The molecule has 114 valence electrons. The number of halogens is 3. The van der Waals surface area contributed by atoms with Crippen molar-refractivity contribution >= 4 is 60.5 Å². The molecule has 1 N–H and O–H groups in total. The lowest BCUT2D eigenvalue weighted by Gasteiger charge is -2.06. The summed E-state index contributed by atoms with van der Waals surface area (Å²) in [6, 6.07) is 6.82. The van der Waals surface area contributed by atoms with E-state index in [1.165, 1.54) is 11.3 Å². The summed E-state index contributed by atoms with van der Waals surface area (Å²) in [6.45, 7) is 2.13. The van der Waals surface area contributed by atoms with Crippen LogP contribution in [0.2, 0.25) is 10.0 Å². The highest BCUT2D eigenvalue weighted by molar-refractivity contribution is 9.11. The van der Waals surface area contributed by atoms with Crippen molar-refractivity contribution in [2.45, 2.75) is 17.6 Å². The fourth-order valence-electron chi connectivity index (χ4n) is 1.68. The van der Waals surface area contributed by atoms with Gasteiger partial charge in [0, 0.05) is 16.6 Å². The fourth-order valence-corrected chi connectivity index (χ4v) is 5.48. The third kappa shape index (κ3) is 4.43. The second kappa shape index (κ2) is 6.98. The summed E-state index contributed by atoms with van der Waals surface area (Å²) >= 11 is 16.4. The minimum atomic E-state index is -3.48. The van der Waals surface area contributed by atoms with E-state index in [9.17, 15) is 8.42 Å². The Hall–Kier alpha value is -0.110. The third-order valence-electron chi connectivity index (χ3n) is 2.80. The highest BCUT2D eigenvalue weighted by Crippen LogP contribution is 2.30. The number of thiophene rings is 1. The van der Waals surface area contributed by atoms with Crippen LogP contribution < -0.4 is 4.72 Å². The van der Waals surface area contributed by atoms with Crippen LogP contribution in [0.25, 0.3) is 0 Å². The molecule has 0 atom stereocenters. The lowest BCUT2D eigenvalue weighted by Crippen LogP contribution is -2.25. The lowest BCUT2D eigenvalue weighted by molar-refractivity contribution is 0.583. The minimum absolute atomic E-state index is 0.276. The molecule has 0 fully saturated rings. The average molecular weight is 429 g/mol. The van der Waals surface area contributed by atoms with Crippen LogP contribution in [-0.2, 0) is 16.4 Å². The molecule has 0 aliphatic carbocycles. The van der Waals surface area contributed by atoms with Gasteiger partial charge in [-0.2, -0.15) is 0 Å². The Balaban J connectivity index is 2.02. The Morgan fingerprint density at radius 2 is 2.00 bits per heavy atom. The van der Waals surface area contributed by atoms with Crippen molar-refractivity contribution in [1.82, 2.24) is 4.72 Å². The molecule has 1 heterocycles. The van der Waals surface area contributed by atoms with Crippen LogP contribution >= 0.6 is 50.5 Å². The Morgan fingerprint density at radius 3 is 2.57 bits per heavy atom. The number of rotatable bonds is 5. The van der Waals surface area contributed by atoms with E-state index in [1.807, 2.05) is 6.92 Å². The molecule has 21 heavy (non-hydrogen) atoms. The van der Waals surface area contributed by atoms with Gasteiger partial charge in [-0.25, -0.2) is 13.1 Å².